The summed E-state index contributed by atoms with van der Waals surface area (Å²) in [5, 5.41) is 4.26. The van der Waals surface area contributed by atoms with Crippen molar-refractivity contribution in [3.8, 4) is 5.75 Å². The average molecular weight is 315 g/mol. The highest BCUT2D eigenvalue weighted by Gasteiger charge is 2.03. The van der Waals surface area contributed by atoms with Crippen LogP contribution in [0.5, 0.6) is 5.75 Å². The van der Waals surface area contributed by atoms with Gasteiger partial charge in [-0.2, -0.15) is 5.10 Å². The van der Waals surface area contributed by atoms with Crippen molar-refractivity contribution in [1.29, 1.82) is 0 Å². The normalized spacial score (nSPS) is 11.0. The molecule has 0 heterocycles. The van der Waals surface area contributed by atoms with E-state index in [4.69, 9.17) is 16.3 Å². The number of benzene rings is 2. The average Bonchev–Trinajstić information content (AvgIpc) is 2.55. The minimum absolute atomic E-state index is 0.149. The van der Waals surface area contributed by atoms with Crippen molar-refractivity contribution < 1.29 is 9.53 Å². The van der Waals surface area contributed by atoms with Gasteiger partial charge in [-0.05, 0) is 23.8 Å². The van der Waals surface area contributed by atoms with Gasteiger partial charge in [-0.25, -0.2) is 5.43 Å². The summed E-state index contributed by atoms with van der Waals surface area (Å²) in [6.45, 7) is -0.149. The quantitative estimate of drug-likeness (QED) is 0.655. The molecule has 1 amide bonds. The molecule has 1 N–H and O–H groups in total. The van der Waals surface area contributed by atoms with Crippen molar-refractivity contribution in [2.24, 2.45) is 5.10 Å². The monoisotopic (exact) mass is 314 g/mol. The molecule has 2 aromatic rings. The van der Waals surface area contributed by atoms with Crippen LogP contribution in [-0.4, -0.2) is 18.7 Å². The topological polar surface area (TPSA) is 50.7 Å². The van der Waals surface area contributed by atoms with Crippen molar-refractivity contribution in [3.05, 3.63) is 71.3 Å². The lowest BCUT2D eigenvalue weighted by atomic mass is 10.2. The molecule has 4 nitrogen and oxygen atoms in total. The number of ether oxygens (including phenoxy) is 1. The molecule has 0 radical (unpaired) electrons. The fourth-order valence-corrected chi connectivity index (χ4v) is 1.80. The summed E-state index contributed by atoms with van der Waals surface area (Å²) < 4.78 is 5.29. The first-order chi connectivity index (χ1) is 10.8. The van der Waals surface area contributed by atoms with Gasteiger partial charge in [0.05, 0.1) is 5.02 Å². The zero-order valence-electron chi connectivity index (χ0n) is 11.8. The maximum absolute atomic E-state index is 11.5. The lowest BCUT2D eigenvalue weighted by Gasteiger charge is -2.05. The Morgan fingerprint density at radius 1 is 1.14 bits per heavy atom. The SMILES string of the molecule is O=C(COc1ccccc1Cl)NN=C/C=C/c1ccccc1. The molecular weight excluding hydrogens is 300 g/mol. The van der Waals surface area contributed by atoms with E-state index in [2.05, 4.69) is 10.5 Å². The molecule has 0 spiro atoms. The van der Waals surface area contributed by atoms with Crippen molar-refractivity contribution in [1.82, 2.24) is 5.43 Å². The number of nitrogens with one attached hydrogen (secondary N) is 1. The number of hydrogen-bond donors (Lipinski definition) is 1. The largest absolute Gasteiger partial charge is 0.482 e. The number of carbonyl (C=O) groups is 1. The van der Waals surface area contributed by atoms with E-state index in [0.717, 1.165) is 5.56 Å². The van der Waals surface area contributed by atoms with E-state index in [9.17, 15) is 4.79 Å². The molecule has 0 aliphatic carbocycles. The fraction of sp³-hybridized carbons (Fsp3) is 0.0588. The van der Waals surface area contributed by atoms with E-state index in [1.165, 1.54) is 6.21 Å². The van der Waals surface area contributed by atoms with E-state index >= 15 is 0 Å². The van der Waals surface area contributed by atoms with Crippen molar-refractivity contribution in [2.75, 3.05) is 6.61 Å². The zero-order chi connectivity index (χ0) is 15.6. The molecule has 0 aliphatic heterocycles. The van der Waals surface area contributed by atoms with Gasteiger partial charge in [0.1, 0.15) is 5.75 Å². The standard InChI is InChI=1S/C17H15ClN2O2/c18-15-10-4-5-11-16(15)22-13-17(21)20-19-12-6-9-14-7-2-1-3-8-14/h1-12H,13H2,(H,20,21)/b9-6+,19-12?. The Morgan fingerprint density at radius 2 is 1.86 bits per heavy atom. The van der Waals surface area contributed by atoms with E-state index in [1.807, 2.05) is 36.4 Å². The third-order valence-corrected chi connectivity index (χ3v) is 2.95. The summed E-state index contributed by atoms with van der Waals surface area (Å²) in [5.74, 6) is 0.108. The van der Waals surface area contributed by atoms with Crippen LogP contribution in [0.1, 0.15) is 5.56 Å². The zero-order valence-corrected chi connectivity index (χ0v) is 12.5. The van der Waals surface area contributed by atoms with Gasteiger partial charge in [0.25, 0.3) is 5.91 Å². The number of amides is 1. The maximum Gasteiger partial charge on any atom is 0.277 e. The number of rotatable bonds is 6. The second-order valence-corrected chi connectivity index (χ2v) is 4.71. The second kappa shape index (κ2) is 8.64. The highest BCUT2D eigenvalue weighted by molar-refractivity contribution is 6.32. The molecule has 0 atom stereocenters. The molecule has 2 aromatic carbocycles. The van der Waals surface area contributed by atoms with Crippen LogP contribution >= 0.6 is 11.6 Å². The Labute approximate surface area is 134 Å². The van der Waals surface area contributed by atoms with Crippen LogP contribution < -0.4 is 10.2 Å². The molecule has 22 heavy (non-hydrogen) atoms. The Morgan fingerprint density at radius 3 is 2.64 bits per heavy atom. The molecule has 112 valence electrons. The molecule has 0 unspecified atom stereocenters. The lowest BCUT2D eigenvalue weighted by Crippen LogP contribution is -2.24. The fourth-order valence-electron chi connectivity index (χ4n) is 1.61. The van der Waals surface area contributed by atoms with Gasteiger partial charge >= 0.3 is 0 Å². The highest BCUT2D eigenvalue weighted by atomic mass is 35.5. The molecule has 0 fully saturated rings. The van der Waals surface area contributed by atoms with Gasteiger partial charge in [-0.1, -0.05) is 60.1 Å². The number of allylic oxidation sites excluding steroid dienone is 1. The van der Waals surface area contributed by atoms with Crippen LogP contribution in [0.4, 0.5) is 0 Å². The molecule has 2 rings (SSSR count). The smallest absolute Gasteiger partial charge is 0.277 e. The first-order valence-electron chi connectivity index (χ1n) is 6.66. The van der Waals surface area contributed by atoms with Crippen LogP contribution in [0.3, 0.4) is 0 Å². The summed E-state index contributed by atoms with van der Waals surface area (Å²) in [6.07, 6.45) is 5.13. The van der Waals surface area contributed by atoms with E-state index in [1.54, 1.807) is 30.3 Å². The maximum atomic E-state index is 11.5. The van der Waals surface area contributed by atoms with E-state index in [0.29, 0.717) is 10.8 Å². The summed E-state index contributed by atoms with van der Waals surface area (Å²) >= 11 is 5.92. The van der Waals surface area contributed by atoms with Gasteiger partial charge in [0, 0.05) is 6.21 Å². The van der Waals surface area contributed by atoms with Crippen molar-refractivity contribution in [3.63, 3.8) is 0 Å². The third-order valence-electron chi connectivity index (χ3n) is 2.63. The number of carbonyl (C=O) groups excluding carboxylic acids is 1. The van der Waals surface area contributed by atoms with Crippen LogP contribution in [-0.2, 0) is 4.79 Å². The summed E-state index contributed by atoms with van der Waals surface area (Å²) in [7, 11) is 0. The summed E-state index contributed by atoms with van der Waals surface area (Å²) in [4.78, 5) is 11.5. The molecular formula is C17H15ClN2O2. The van der Waals surface area contributed by atoms with Gasteiger partial charge < -0.3 is 4.74 Å². The molecule has 0 saturated heterocycles. The van der Waals surface area contributed by atoms with E-state index < -0.39 is 0 Å². The highest BCUT2D eigenvalue weighted by Crippen LogP contribution is 2.22. The first kappa shape index (κ1) is 15.8. The van der Waals surface area contributed by atoms with Crippen LogP contribution in [0.25, 0.3) is 6.08 Å². The molecule has 0 bridgehead atoms. The Hall–Kier alpha value is -2.59. The number of hydrogen-bond acceptors (Lipinski definition) is 3. The molecule has 0 aromatic heterocycles. The summed E-state index contributed by atoms with van der Waals surface area (Å²) in [6, 6.07) is 16.8. The van der Waals surface area contributed by atoms with Crippen LogP contribution in [0.15, 0.2) is 65.8 Å². The number of nitrogens with zero attached hydrogens (tertiary/aromatic N) is 1. The Balaban J connectivity index is 1.73. The minimum atomic E-state index is -0.357. The number of halogens is 1. The molecule has 0 aliphatic rings. The predicted octanol–water partition coefficient (Wildman–Crippen LogP) is 3.53. The molecule has 0 saturated carbocycles. The third kappa shape index (κ3) is 5.42. The van der Waals surface area contributed by atoms with Gasteiger partial charge in [-0.15, -0.1) is 0 Å². The van der Waals surface area contributed by atoms with Gasteiger partial charge in [-0.3, -0.25) is 4.79 Å². The Bertz CT molecular complexity index is 669. The minimum Gasteiger partial charge on any atom is -0.482 e. The predicted molar refractivity (Wildman–Crippen MR) is 89.1 cm³/mol. The first-order valence-corrected chi connectivity index (χ1v) is 7.04. The lowest BCUT2D eigenvalue weighted by molar-refractivity contribution is -0.123. The van der Waals surface area contributed by atoms with Crippen LogP contribution in [0.2, 0.25) is 5.02 Å². The number of para-hydroxylation sites is 1. The summed E-state index contributed by atoms with van der Waals surface area (Å²) in [5.41, 5.74) is 3.43. The van der Waals surface area contributed by atoms with Gasteiger partial charge in [0.15, 0.2) is 6.61 Å². The van der Waals surface area contributed by atoms with Gasteiger partial charge in [0.2, 0.25) is 0 Å². The van der Waals surface area contributed by atoms with Crippen molar-refractivity contribution in [2.45, 2.75) is 0 Å². The molecule has 5 heteroatoms. The van der Waals surface area contributed by atoms with E-state index in [-0.39, 0.29) is 12.5 Å². The Kier molecular flexibility index (Phi) is 6.20. The second-order valence-electron chi connectivity index (χ2n) is 4.30. The van der Waals surface area contributed by atoms with Crippen molar-refractivity contribution >= 4 is 29.8 Å². The van der Waals surface area contributed by atoms with Crippen LogP contribution in [0, 0.1) is 0 Å². The number of hydrazone groups is 1.